The van der Waals surface area contributed by atoms with Gasteiger partial charge in [0.05, 0.1) is 9.50 Å². The lowest BCUT2D eigenvalue weighted by molar-refractivity contribution is 0.461. The first-order valence-corrected chi connectivity index (χ1v) is 7.19. The fourth-order valence-electron chi connectivity index (χ4n) is 1.44. The monoisotopic (exact) mass is 360 g/mol. The molecule has 3 nitrogen and oxygen atoms in total. The third-order valence-corrected chi connectivity index (χ3v) is 3.50. The Kier molecular flexibility index (Phi) is 4.91. The molecule has 0 amide bonds. The van der Waals surface area contributed by atoms with Crippen molar-refractivity contribution >= 4 is 44.9 Å². The molecule has 1 N–H and O–H groups in total. The van der Waals surface area contributed by atoms with Crippen LogP contribution in [0.25, 0.3) is 0 Å². The van der Waals surface area contributed by atoms with E-state index in [-0.39, 0.29) is 0 Å². The van der Waals surface area contributed by atoms with Crippen molar-refractivity contribution in [3.8, 4) is 11.6 Å². The fourth-order valence-corrected chi connectivity index (χ4v) is 2.27. The molecule has 0 aliphatic heterocycles. The molecule has 0 unspecified atom stereocenters. The molecule has 2 aromatic rings. The summed E-state index contributed by atoms with van der Waals surface area (Å²) in [4.78, 5) is 4.28. The van der Waals surface area contributed by atoms with Gasteiger partial charge in [-0.2, -0.15) is 4.98 Å². The Labute approximate surface area is 130 Å². The molecule has 0 spiro atoms. The quantitative estimate of drug-likeness (QED) is 0.794. The Morgan fingerprint density at radius 3 is 2.68 bits per heavy atom. The normalized spacial score (nSPS) is 10.3. The van der Waals surface area contributed by atoms with Crippen molar-refractivity contribution in [2.45, 2.75) is 6.92 Å². The molecule has 0 bridgehead atoms. The van der Waals surface area contributed by atoms with Gasteiger partial charge in [-0.25, -0.2) is 0 Å². The van der Waals surface area contributed by atoms with E-state index in [2.05, 4.69) is 26.2 Å². The smallest absolute Gasteiger partial charge is 0.240 e. The Hall–Kier alpha value is -0.970. The third-order valence-electron chi connectivity index (χ3n) is 2.28. The van der Waals surface area contributed by atoms with Crippen LogP contribution in [0.15, 0.2) is 34.8 Å². The van der Waals surface area contributed by atoms with Crippen molar-refractivity contribution in [2.24, 2.45) is 0 Å². The molecule has 0 radical (unpaired) electrons. The van der Waals surface area contributed by atoms with Crippen molar-refractivity contribution in [3.05, 3.63) is 44.8 Å². The highest BCUT2D eigenvalue weighted by Crippen LogP contribution is 2.35. The van der Waals surface area contributed by atoms with Crippen LogP contribution in [0.3, 0.4) is 0 Å². The minimum absolute atomic E-state index is 0.314. The van der Waals surface area contributed by atoms with Gasteiger partial charge in [-0.1, -0.05) is 35.3 Å². The zero-order chi connectivity index (χ0) is 13.8. The van der Waals surface area contributed by atoms with Crippen LogP contribution in [0.5, 0.6) is 11.6 Å². The highest BCUT2D eigenvalue weighted by molar-refractivity contribution is 9.10. The maximum absolute atomic E-state index is 6.09. The molecule has 1 aromatic carbocycles. The van der Waals surface area contributed by atoms with Gasteiger partial charge in [-0.3, -0.25) is 0 Å². The van der Waals surface area contributed by atoms with E-state index in [9.17, 15) is 0 Å². The molecule has 1 aromatic heterocycles. The van der Waals surface area contributed by atoms with Crippen molar-refractivity contribution in [3.63, 3.8) is 0 Å². The molecule has 1 heterocycles. The maximum Gasteiger partial charge on any atom is 0.240 e. The first-order chi connectivity index (χ1) is 9.11. The topological polar surface area (TPSA) is 34.2 Å². The standard InChI is InChI=1S/C13H11BrCl2N2O/c1-2-17-12-9(15)7-10(16)13(18-12)19-11-6-4-3-5-8(11)14/h3-7H,2H2,1H3,(H,17,18). The summed E-state index contributed by atoms with van der Waals surface area (Å²) in [6, 6.07) is 9.08. The van der Waals surface area contributed by atoms with Gasteiger partial charge in [0.1, 0.15) is 16.6 Å². The van der Waals surface area contributed by atoms with Crippen LogP contribution in [0.2, 0.25) is 10.0 Å². The molecular weight excluding hydrogens is 351 g/mol. The van der Waals surface area contributed by atoms with E-state index in [1.54, 1.807) is 6.07 Å². The van der Waals surface area contributed by atoms with E-state index < -0.39 is 0 Å². The number of pyridine rings is 1. The number of para-hydroxylation sites is 1. The summed E-state index contributed by atoms with van der Waals surface area (Å²) in [5, 5.41) is 3.88. The van der Waals surface area contributed by atoms with Crippen LogP contribution in [0.4, 0.5) is 5.82 Å². The van der Waals surface area contributed by atoms with Crippen LogP contribution in [0.1, 0.15) is 6.92 Å². The highest BCUT2D eigenvalue weighted by atomic mass is 79.9. The number of nitrogens with zero attached hydrogens (tertiary/aromatic N) is 1. The molecular formula is C13H11BrCl2N2O. The van der Waals surface area contributed by atoms with Gasteiger partial charge in [0.15, 0.2) is 0 Å². The summed E-state index contributed by atoms with van der Waals surface area (Å²) in [5.74, 6) is 1.51. The minimum Gasteiger partial charge on any atom is -0.436 e. The van der Waals surface area contributed by atoms with Gasteiger partial charge in [-0.15, -0.1) is 0 Å². The van der Waals surface area contributed by atoms with Crippen LogP contribution in [-0.4, -0.2) is 11.5 Å². The number of aromatic nitrogens is 1. The number of nitrogens with one attached hydrogen (secondary N) is 1. The molecule has 0 atom stereocenters. The highest BCUT2D eigenvalue weighted by Gasteiger charge is 2.12. The summed E-state index contributed by atoms with van der Waals surface area (Å²) in [6.07, 6.45) is 0. The van der Waals surface area contributed by atoms with Crippen molar-refractivity contribution in [2.75, 3.05) is 11.9 Å². The average Bonchev–Trinajstić information content (AvgIpc) is 2.38. The number of anilines is 1. The Morgan fingerprint density at radius 2 is 2.00 bits per heavy atom. The molecule has 0 aliphatic rings. The lowest BCUT2D eigenvalue weighted by Gasteiger charge is -2.11. The Balaban J connectivity index is 2.34. The van der Waals surface area contributed by atoms with Crippen LogP contribution < -0.4 is 10.1 Å². The molecule has 2 rings (SSSR count). The van der Waals surface area contributed by atoms with Crippen molar-refractivity contribution in [1.29, 1.82) is 0 Å². The van der Waals surface area contributed by atoms with E-state index in [1.165, 1.54) is 0 Å². The molecule has 0 aliphatic carbocycles. The van der Waals surface area contributed by atoms with Crippen molar-refractivity contribution in [1.82, 2.24) is 4.98 Å². The van der Waals surface area contributed by atoms with Crippen LogP contribution in [-0.2, 0) is 0 Å². The lowest BCUT2D eigenvalue weighted by Crippen LogP contribution is -2.01. The zero-order valence-electron chi connectivity index (χ0n) is 10.1. The van der Waals surface area contributed by atoms with Gasteiger partial charge in [0, 0.05) is 6.54 Å². The van der Waals surface area contributed by atoms with E-state index in [0.717, 1.165) is 4.47 Å². The second-order valence-corrected chi connectivity index (χ2v) is 5.34. The number of benzene rings is 1. The zero-order valence-corrected chi connectivity index (χ0v) is 13.2. The van der Waals surface area contributed by atoms with E-state index in [1.807, 2.05) is 31.2 Å². The van der Waals surface area contributed by atoms with Gasteiger partial charge in [0.25, 0.3) is 0 Å². The summed E-state index contributed by atoms with van der Waals surface area (Å²) >= 11 is 15.5. The predicted octanol–water partition coefficient (Wildman–Crippen LogP) is 5.38. The largest absolute Gasteiger partial charge is 0.436 e. The summed E-state index contributed by atoms with van der Waals surface area (Å²) < 4.78 is 6.52. The van der Waals surface area contributed by atoms with Gasteiger partial charge in [-0.05, 0) is 41.1 Å². The number of hydrogen-bond acceptors (Lipinski definition) is 3. The minimum atomic E-state index is 0.314. The SMILES string of the molecule is CCNc1nc(Oc2ccccc2Br)c(Cl)cc1Cl. The molecule has 6 heteroatoms. The number of rotatable bonds is 4. The van der Waals surface area contributed by atoms with Crippen LogP contribution >= 0.6 is 39.1 Å². The molecule has 0 fully saturated rings. The van der Waals surface area contributed by atoms with E-state index in [4.69, 9.17) is 27.9 Å². The van der Waals surface area contributed by atoms with Gasteiger partial charge < -0.3 is 10.1 Å². The molecule has 0 saturated heterocycles. The third kappa shape index (κ3) is 3.53. The summed E-state index contributed by atoms with van der Waals surface area (Å²) in [7, 11) is 0. The molecule has 100 valence electrons. The van der Waals surface area contributed by atoms with Crippen LogP contribution in [0, 0.1) is 0 Å². The second kappa shape index (κ2) is 6.46. The second-order valence-electron chi connectivity index (χ2n) is 3.67. The molecule has 19 heavy (non-hydrogen) atoms. The Morgan fingerprint density at radius 1 is 1.26 bits per heavy atom. The molecule has 0 saturated carbocycles. The lowest BCUT2D eigenvalue weighted by atomic mass is 10.3. The average molecular weight is 362 g/mol. The Bertz CT molecular complexity index is 593. The van der Waals surface area contributed by atoms with E-state index in [0.29, 0.717) is 34.0 Å². The fraction of sp³-hybridized carbons (Fsp3) is 0.154. The van der Waals surface area contributed by atoms with Gasteiger partial charge >= 0.3 is 0 Å². The first kappa shape index (κ1) is 14.4. The number of hydrogen-bond donors (Lipinski definition) is 1. The number of ether oxygens (including phenoxy) is 1. The summed E-state index contributed by atoms with van der Waals surface area (Å²) in [6.45, 7) is 2.67. The van der Waals surface area contributed by atoms with Crippen molar-refractivity contribution < 1.29 is 4.74 Å². The summed E-state index contributed by atoms with van der Waals surface area (Å²) in [5.41, 5.74) is 0. The predicted molar refractivity (Wildman–Crippen MR) is 82.6 cm³/mol. The first-order valence-electron chi connectivity index (χ1n) is 5.64. The van der Waals surface area contributed by atoms with Gasteiger partial charge in [0.2, 0.25) is 5.88 Å². The van der Waals surface area contributed by atoms with E-state index >= 15 is 0 Å². The number of halogens is 3. The maximum atomic E-state index is 6.09.